The van der Waals surface area contributed by atoms with Crippen LogP contribution in [0.1, 0.15) is 5.56 Å². The first kappa shape index (κ1) is 12.6. The Bertz CT molecular complexity index is 581. The van der Waals surface area contributed by atoms with Crippen molar-refractivity contribution in [2.75, 3.05) is 11.8 Å². The second kappa shape index (κ2) is 5.19. The molecular weight excluding hydrogens is 252 g/mol. The van der Waals surface area contributed by atoms with Crippen LogP contribution in [0.2, 0.25) is 0 Å². The number of nitrogens with zero attached hydrogens (tertiary/aromatic N) is 2. The molecule has 0 fully saturated rings. The van der Waals surface area contributed by atoms with Gasteiger partial charge in [0.1, 0.15) is 5.82 Å². The maximum absolute atomic E-state index is 12.0. The van der Waals surface area contributed by atoms with Gasteiger partial charge in [0.25, 0.3) is 0 Å². The second-order valence-corrected chi connectivity index (χ2v) is 5.60. The molecule has 0 aliphatic carbocycles. The first-order valence-corrected chi connectivity index (χ1v) is 6.79. The zero-order valence-corrected chi connectivity index (χ0v) is 10.7. The van der Waals surface area contributed by atoms with E-state index in [0.717, 1.165) is 5.56 Å². The van der Waals surface area contributed by atoms with Gasteiger partial charge in [0.05, 0.1) is 6.20 Å². The van der Waals surface area contributed by atoms with Crippen molar-refractivity contribution in [3.05, 3.63) is 48.2 Å². The summed E-state index contributed by atoms with van der Waals surface area (Å²) in [5.41, 5.74) is 0.926. The Kier molecular flexibility index (Phi) is 3.63. The van der Waals surface area contributed by atoms with Crippen LogP contribution in [-0.4, -0.2) is 30.0 Å². The average molecular weight is 266 g/mol. The molecule has 18 heavy (non-hydrogen) atoms. The molecule has 1 heterocycles. The standard InChI is InChI=1S/C11H14N4O2S/c1-15(9-10-5-3-2-4-6-10)18(16,17)14-11-7-8-12-13-11/h2-8H,9H2,1H3,(H2,12,13,14). The van der Waals surface area contributed by atoms with Gasteiger partial charge >= 0.3 is 10.2 Å². The Hall–Kier alpha value is -1.86. The predicted octanol–water partition coefficient (Wildman–Crippen LogP) is 1.20. The first-order chi connectivity index (χ1) is 8.58. The van der Waals surface area contributed by atoms with Crippen molar-refractivity contribution >= 4 is 16.0 Å². The van der Waals surface area contributed by atoms with Crippen molar-refractivity contribution in [1.82, 2.24) is 14.5 Å². The highest BCUT2D eigenvalue weighted by Gasteiger charge is 2.18. The van der Waals surface area contributed by atoms with Crippen LogP contribution in [-0.2, 0) is 16.8 Å². The maximum atomic E-state index is 12.0. The largest absolute Gasteiger partial charge is 0.302 e. The third-order valence-electron chi connectivity index (χ3n) is 2.40. The molecule has 0 bridgehead atoms. The molecule has 0 aliphatic heterocycles. The van der Waals surface area contributed by atoms with Crippen molar-refractivity contribution in [1.29, 1.82) is 0 Å². The van der Waals surface area contributed by atoms with Crippen molar-refractivity contribution in [2.45, 2.75) is 6.54 Å². The van der Waals surface area contributed by atoms with Gasteiger partial charge in [-0.25, -0.2) is 0 Å². The Morgan fingerprint density at radius 1 is 1.28 bits per heavy atom. The highest BCUT2D eigenvalue weighted by Crippen LogP contribution is 2.09. The fourth-order valence-corrected chi connectivity index (χ4v) is 2.32. The van der Waals surface area contributed by atoms with Gasteiger partial charge < -0.3 is 0 Å². The first-order valence-electron chi connectivity index (χ1n) is 5.35. The minimum atomic E-state index is -3.57. The molecule has 96 valence electrons. The Balaban J connectivity index is 2.06. The van der Waals surface area contributed by atoms with Gasteiger partial charge in [0.15, 0.2) is 0 Å². The molecule has 1 aromatic heterocycles. The van der Waals surface area contributed by atoms with E-state index in [4.69, 9.17) is 0 Å². The van der Waals surface area contributed by atoms with Crippen molar-refractivity contribution in [3.8, 4) is 0 Å². The minimum Gasteiger partial charge on any atom is -0.262 e. The van der Waals surface area contributed by atoms with Crippen LogP contribution in [0.5, 0.6) is 0 Å². The van der Waals surface area contributed by atoms with Crippen molar-refractivity contribution in [3.63, 3.8) is 0 Å². The Labute approximate surface area is 106 Å². The number of rotatable bonds is 5. The van der Waals surface area contributed by atoms with Crippen LogP contribution in [0.4, 0.5) is 5.82 Å². The molecule has 0 unspecified atom stereocenters. The van der Waals surface area contributed by atoms with Gasteiger partial charge in [-0.15, -0.1) is 0 Å². The molecule has 0 atom stereocenters. The lowest BCUT2D eigenvalue weighted by molar-refractivity contribution is 0.471. The summed E-state index contributed by atoms with van der Waals surface area (Å²) in [7, 11) is -2.05. The number of nitrogens with one attached hydrogen (secondary N) is 2. The van der Waals surface area contributed by atoms with Crippen LogP contribution in [0, 0.1) is 0 Å². The molecule has 0 radical (unpaired) electrons. The van der Waals surface area contributed by atoms with Gasteiger partial charge in [0, 0.05) is 19.7 Å². The molecule has 2 aromatic rings. The van der Waals surface area contributed by atoms with E-state index in [1.54, 1.807) is 6.07 Å². The molecule has 0 aliphatic rings. The lowest BCUT2D eigenvalue weighted by atomic mass is 10.2. The van der Waals surface area contributed by atoms with E-state index in [1.165, 1.54) is 17.5 Å². The molecule has 0 saturated heterocycles. The molecule has 0 saturated carbocycles. The third kappa shape index (κ3) is 3.08. The van der Waals surface area contributed by atoms with E-state index >= 15 is 0 Å². The minimum absolute atomic E-state index is 0.310. The number of hydrogen-bond acceptors (Lipinski definition) is 3. The van der Waals surface area contributed by atoms with E-state index in [9.17, 15) is 8.42 Å². The summed E-state index contributed by atoms with van der Waals surface area (Å²) in [6, 6.07) is 10.9. The fraction of sp³-hybridized carbons (Fsp3) is 0.182. The Morgan fingerprint density at radius 2 is 2.00 bits per heavy atom. The third-order valence-corrected chi connectivity index (χ3v) is 3.83. The van der Waals surface area contributed by atoms with Crippen LogP contribution < -0.4 is 4.72 Å². The van der Waals surface area contributed by atoms with Crippen LogP contribution in [0.3, 0.4) is 0 Å². The fourth-order valence-electron chi connectivity index (χ4n) is 1.46. The van der Waals surface area contributed by atoms with Crippen LogP contribution in [0.15, 0.2) is 42.6 Å². The smallest absolute Gasteiger partial charge is 0.262 e. The van der Waals surface area contributed by atoms with Crippen molar-refractivity contribution in [2.24, 2.45) is 0 Å². The van der Waals surface area contributed by atoms with E-state index in [2.05, 4.69) is 14.9 Å². The van der Waals surface area contributed by atoms with E-state index in [1.807, 2.05) is 30.3 Å². The monoisotopic (exact) mass is 266 g/mol. The lowest BCUT2D eigenvalue weighted by Gasteiger charge is -2.17. The number of anilines is 1. The number of aromatic nitrogens is 2. The highest BCUT2D eigenvalue weighted by molar-refractivity contribution is 7.90. The Morgan fingerprint density at radius 3 is 2.61 bits per heavy atom. The number of hydrogen-bond donors (Lipinski definition) is 2. The zero-order valence-electron chi connectivity index (χ0n) is 9.87. The lowest BCUT2D eigenvalue weighted by Crippen LogP contribution is -2.32. The summed E-state index contributed by atoms with van der Waals surface area (Å²) in [5.74, 6) is 0.343. The van der Waals surface area contributed by atoms with Gasteiger partial charge in [-0.2, -0.15) is 17.8 Å². The summed E-state index contributed by atoms with van der Waals surface area (Å²) < 4.78 is 27.6. The van der Waals surface area contributed by atoms with Crippen LogP contribution >= 0.6 is 0 Å². The summed E-state index contributed by atoms with van der Waals surface area (Å²) >= 11 is 0. The predicted molar refractivity (Wildman–Crippen MR) is 69.0 cm³/mol. The van der Waals surface area contributed by atoms with Crippen LogP contribution in [0.25, 0.3) is 0 Å². The number of H-pyrrole nitrogens is 1. The van der Waals surface area contributed by atoms with Gasteiger partial charge in [-0.05, 0) is 5.56 Å². The van der Waals surface area contributed by atoms with Gasteiger partial charge in [0.2, 0.25) is 0 Å². The molecule has 1 aromatic carbocycles. The summed E-state index contributed by atoms with van der Waals surface area (Å²) in [6.07, 6.45) is 1.48. The molecule has 6 nitrogen and oxygen atoms in total. The van der Waals surface area contributed by atoms with E-state index < -0.39 is 10.2 Å². The quantitative estimate of drug-likeness (QED) is 0.853. The molecule has 0 amide bonds. The molecule has 2 rings (SSSR count). The van der Waals surface area contributed by atoms with Gasteiger partial charge in [-0.3, -0.25) is 9.82 Å². The molecular formula is C11H14N4O2S. The zero-order chi connectivity index (χ0) is 13.0. The summed E-state index contributed by atoms with van der Waals surface area (Å²) in [5, 5.41) is 6.22. The van der Waals surface area contributed by atoms with Gasteiger partial charge in [-0.1, -0.05) is 30.3 Å². The van der Waals surface area contributed by atoms with E-state index in [-0.39, 0.29) is 0 Å². The second-order valence-electron chi connectivity index (χ2n) is 3.82. The average Bonchev–Trinajstić information content (AvgIpc) is 2.82. The molecule has 2 N–H and O–H groups in total. The van der Waals surface area contributed by atoms with Crippen molar-refractivity contribution < 1.29 is 8.42 Å². The van der Waals surface area contributed by atoms with E-state index in [0.29, 0.717) is 12.4 Å². The topological polar surface area (TPSA) is 78.1 Å². The highest BCUT2D eigenvalue weighted by atomic mass is 32.2. The molecule has 7 heteroatoms. The number of aromatic amines is 1. The molecule has 0 spiro atoms. The summed E-state index contributed by atoms with van der Waals surface area (Å²) in [6.45, 7) is 0.310. The normalized spacial score (nSPS) is 11.7. The number of benzene rings is 1. The maximum Gasteiger partial charge on any atom is 0.302 e. The summed E-state index contributed by atoms with van der Waals surface area (Å²) in [4.78, 5) is 0. The SMILES string of the molecule is CN(Cc1ccccc1)S(=O)(=O)Nc1ccn[nH]1.